The number of methoxy groups -OCH3 is 1. The Hall–Kier alpha value is -1.33. The highest BCUT2D eigenvalue weighted by Crippen LogP contribution is 2.25. The zero-order chi connectivity index (χ0) is 13.0. The molecule has 0 saturated heterocycles. The van der Waals surface area contributed by atoms with Crippen LogP contribution in [0, 0.1) is 0 Å². The number of aromatic nitrogens is 2. The summed E-state index contributed by atoms with van der Waals surface area (Å²) in [6.45, 7) is 2.86. The molecular formula is C13H16BrN3O. The summed E-state index contributed by atoms with van der Waals surface area (Å²) in [4.78, 5) is 7.33. The molecule has 0 radical (unpaired) electrons. The summed E-state index contributed by atoms with van der Waals surface area (Å²) in [5.41, 5.74) is 1.20. The van der Waals surface area contributed by atoms with Crippen molar-refractivity contribution >= 4 is 15.9 Å². The number of benzene rings is 1. The van der Waals surface area contributed by atoms with Crippen LogP contribution in [0.25, 0.3) is 0 Å². The average Bonchev–Trinajstić information content (AvgIpc) is 2.90. The van der Waals surface area contributed by atoms with Gasteiger partial charge >= 0.3 is 0 Å². The van der Waals surface area contributed by atoms with Crippen molar-refractivity contribution in [2.75, 3.05) is 7.11 Å². The van der Waals surface area contributed by atoms with Gasteiger partial charge in [-0.15, -0.1) is 0 Å². The number of rotatable bonds is 5. The number of aromatic amines is 1. The minimum atomic E-state index is 0.195. The van der Waals surface area contributed by atoms with E-state index in [9.17, 15) is 0 Å². The van der Waals surface area contributed by atoms with Gasteiger partial charge in [-0.1, -0.05) is 6.07 Å². The first-order chi connectivity index (χ1) is 8.70. The third-order valence-electron chi connectivity index (χ3n) is 2.76. The van der Waals surface area contributed by atoms with E-state index in [0.717, 1.165) is 22.6 Å². The highest BCUT2D eigenvalue weighted by atomic mass is 79.9. The molecule has 2 rings (SSSR count). The molecule has 1 heterocycles. The molecule has 2 aromatic rings. The lowest BCUT2D eigenvalue weighted by molar-refractivity contribution is 0.412. The molecule has 0 amide bonds. The molecule has 5 heteroatoms. The summed E-state index contributed by atoms with van der Waals surface area (Å²) in [5.74, 6) is 1.79. The maximum Gasteiger partial charge on any atom is 0.133 e. The quantitative estimate of drug-likeness (QED) is 0.892. The van der Waals surface area contributed by atoms with Crippen molar-refractivity contribution in [3.63, 3.8) is 0 Å². The molecule has 0 saturated carbocycles. The van der Waals surface area contributed by atoms with E-state index in [2.05, 4.69) is 44.2 Å². The Labute approximate surface area is 115 Å². The van der Waals surface area contributed by atoms with E-state index in [1.165, 1.54) is 5.56 Å². The van der Waals surface area contributed by atoms with Gasteiger partial charge in [0.2, 0.25) is 0 Å². The van der Waals surface area contributed by atoms with Crippen LogP contribution < -0.4 is 10.1 Å². The van der Waals surface area contributed by atoms with Gasteiger partial charge in [-0.2, -0.15) is 0 Å². The van der Waals surface area contributed by atoms with E-state index in [1.54, 1.807) is 13.3 Å². The summed E-state index contributed by atoms with van der Waals surface area (Å²) in [6.07, 6.45) is 3.59. The summed E-state index contributed by atoms with van der Waals surface area (Å²) < 4.78 is 6.17. The van der Waals surface area contributed by atoms with Gasteiger partial charge in [-0.05, 0) is 40.5 Å². The number of H-pyrrole nitrogens is 1. The van der Waals surface area contributed by atoms with Crippen molar-refractivity contribution in [1.29, 1.82) is 0 Å². The van der Waals surface area contributed by atoms with Crippen LogP contribution in [0.4, 0.5) is 0 Å². The van der Waals surface area contributed by atoms with Crippen molar-refractivity contribution < 1.29 is 4.74 Å². The van der Waals surface area contributed by atoms with Gasteiger partial charge < -0.3 is 15.0 Å². The molecule has 0 fully saturated rings. The van der Waals surface area contributed by atoms with Crippen molar-refractivity contribution in [2.45, 2.75) is 19.5 Å². The van der Waals surface area contributed by atoms with Crippen LogP contribution in [0.3, 0.4) is 0 Å². The zero-order valence-corrected chi connectivity index (χ0v) is 12.0. The Morgan fingerprint density at radius 3 is 2.94 bits per heavy atom. The average molecular weight is 310 g/mol. The predicted molar refractivity (Wildman–Crippen MR) is 74.5 cm³/mol. The Morgan fingerprint density at radius 1 is 1.50 bits per heavy atom. The van der Waals surface area contributed by atoms with Crippen molar-refractivity contribution in [3.8, 4) is 5.75 Å². The molecule has 96 valence electrons. The Balaban J connectivity index is 1.96. The van der Waals surface area contributed by atoms with E-state index in [4.69, 9.17) is 4.74 Å². The number of hydrogen-bond acceptors (Lipinski definition) is 3. The highest BCUT2D eigenvalue weighted by Gasteiger charge is 2.07. The fourth-order valence-electron chi connectivity index (χ4n) is 1.70. The van der Waals surface area contributed by atoms with Gasteiger partial charge in [0, 0.05) is 18.9 Å². The SMILES string of the molecule is COc1ccc(CNC(C)c2ncc[nH]2)cc1Br. The number of hydrogen-bond donors (Lipinski definition) is 2. The fraction of sp³-hybridized carbons (Fsp3) is 0.308. The lowest BCUT2D eigenvalue weighted by Gasteiger charge is -2.12. The van der Waals surface area contributed by atoms with Gasteiger partial charge in [-0.3, -0.25) is 0 Å². The Morgan fingerprint density at radius 2 is 2.33 bits per heavy atom. The van der Waals surface area contributed by atoms with Crippen LogP contribution >= 0.6 is 15.9 Å². The number of ether oxygens (including phenoxy) is 1. The minimum Gasteiger partial charge on any atom is -0.496 e. The van der Waals surface area contributed by atoms with E-state index < -0.39 is 0 Å². The first-order valence-electron chi connectivity index (χ1n) is 5.76. The number of halogens is 1. The maximum atomic E-state index is 5.20. The Kier molecular flexibility index (Phi) is 4.38. The number of nitrogens with one attached hydrogen (secondary N) is 2. The second kappa shape index (κ2) is 6.02. The summed E-state index contributed by atoms with van der Waals surface area (Å²) in [6, 6.07) is 6.26. The van der Waals surface area contributed by atoms with E-state index >= 15 is 0 Å². The summed E-state index contributed by atoms with van der Waals surface area (Å²) in [5, 5.41) is 3.41. The molecule has 0 bridgehead atoms. The normalized spacial score (nSPS) is 12.4. The van der Waals surface area contributed by atoms with E-state index in [0.29, 0.717) is 0 Å². The smallest absolute Gasteiger partial charge is 0.133 e. The summed E-state index contributed by atoms with van der Waals surface area (Å²) >= 11 is 3.48. The highest BCUT2D eigenvalue weighted by molar-refractivity contribution is 9.10. The van der Waals surface area contributed by atoms with Gasteiger partial charge in [0.25, 0.3) is 0 Å². The van der Waals surface area contributed by atoms with Crippen molar-refractivity contribution in [3.05, 3.63) is 46.5 Å². The monoisotopic (exact) mass is 309 g/mol. The second-order valence-corrected chi connectivity index (χ2v) is 4.90. The van der Waals surface area contributed by atoms with Gasteiger partial charge in [-0.25, -0.2) is 4.98 Å². The lowest BCUT2D eigenvalue weighted by atomic mass is 10.2. The molecule has 1 unspecified atom stereocenters. The zero-order valence-electron chi connectivity index (χ0n) is 10.4. The van der Waals surface area contributed by atoms with Crippen LogP contribution in [0.1, 0.15) is 24.4 Å². The molecule has 2 N–H and O–H groups in total. The van der Waals surface area contributed by atoms with E-state index in [-0.39, 0.29) is 6.04 Å². The number of nitrogens with zero attached hydrogens (tertiary/aromatic N) is 1. The molecule has 0 aliphatic heterocycles. The molecule has 1 aromatic heterocycles. The molecule has 0 aliphatic carbocycles. The van der Waals surface area contributed by atoms with Crippen LogP contribution in [-0.4, -0.2) is 17.1 Å². The topological polar surface area (TPSA) is 49.9 Å². The first-order valence-corrected chi connectivity index (χ1v) is 6.55. The third kappa shape index (κ3) is 3.11. The van der Waals surface area contributed by atoms with Gasteiger partial charge in [0.05, 0.1) is 17.6 Å². The maximum absolute atomic E-state index is 5.20. The lowest BCUT2D eigenvalue weighted by Crippen LogP contribution is -2.19. The third-order valence-corrected chi connectivity index (χ3v) is 3.38. The van der Waals surface area contributed by atoms with Crippen molar-refractivity contribution in [2.24, 2.45) is 0 Å². The number of imidazole rings is 1. The van der Waals surface area contributed by atoms with Crippen LogP contribution in [0.2, 0.25) is 0 Å². The fourth-order valence-corrected chi connectivity index (χ4v) is 2.29. The Bertz CT molecular complexity index is 499. The molecular weight excluding hydrogens is 294 g/mol. The predicted octanol–water partition coefficient (Wildman–Crippen LogP) is 3.03. The van der Waals surface area contributed by atoms with E-state index in [1.807, 2.05) is 18.3 Å². The summed E-state index contributed by atoms with van der Waals surface area (Å²) in [7, 11) is 1.66. The molecule has 18 heavy (non-hydrogen) atoms. The molecule has 0 aliphatic rings. The molecule has 1 atom stereocenters. The molecule has 1 aromatic carbocycles. The second-order valence-electron chi connectivity index (χ2n) is 4.05. The van der Waals surface area contributed by atoms with Crippen LogP contribution in [-0.2, 0) is 6.54 Å². The first kappa shape index (κ1) is 13.1. The standard InChI is InChI=1S/C13H16BrN3O/c1-9(13-15-5-6-16-13)17-8-10-3-4-12(18-2)11(14)7-10/h3-7,9,17H,8H2,1-2H3,(H,15,16). The van der Waals surface area contributed by atoms with Gasteiger partial charge in [0.15, 0.2) is 0 Å². The minimum absolute atomic E-state index is 0.195. The van der Waals surface area contributed by atoms with Crippen LogP contribution in [0.15, 0.2) is 35.1 Å². The molecule has 0 spiro atoms. The molecule has 4 nitrogen and oxygen atoms in total. The van der Waals surface area contributed by atoms with Crippen molar-refractivity contribution in [1.82, 2.24) is 15.3 Å². The largest absolute Gasteiger partial charge is 0.496 e. The van der Waals surface area contributed by atoms with Crippen LogP contribution in [0.5, 0.6) is 5.75 Å². The van der Waals surface area contributed by atoms with Gasteiger partial charge in [0.1, 0.15) is 11.6 Å².